The summed E-state index contributed by atoms with van der Waals surface area (Å²) in [6.45, 7) is 2.25. The Kier molecular flexibility index (Phi) is 3.08. The van der Waals surface area contributed by atoms with Crippen LogP contribution in [0.15, 0.2) is 24.3 Å². The van der Waals surface area contributed by atoms with Gasteiger partial charge in [0.2, 0.25) is 0 Å². The number of nitrogens with one attached hydrogen (secondary N) is 1. The molecule has 0 amide bonds. The van der Waals surface area contributed by atoms with E-state index >= 15 is 0 Å². The number of benzene rings is 1. The molecule has 1 fully saturated rings. The van der Waals surface area contributed by atoms with E-state index < -0.39 is 0 Å². The fourth-order valence-electron chi connectivity index (χ4n) is 2.25. The molecule has 4 nitrogen and oxygen atoms in total. The molecular weight excluding hydrogens is 204 g/mol. The van der Waals surface area contributed by atoms with Gasteiger partial charge in [-0.05, 0) is 30.9 Å². The van der Waals surface area contributed by atoms with Crippen LogP contribution in [0.4, 0.5) is 11.4 Å². The lowest BCUT2D eigenvalue weighted by molar-refractivity contribution is -0.384. The van der Waals surface area contributed by atoms with Gasteiger partial charge in [-0.3, -0.25) is 10.1 Å². The number of hydrogen-bond donors (Lipinski definition) is 1. The number of non-ortho nitro benzene ring substituents is 1. The number of hydrogen-bond acceptors (Lipinski definition) is 3. The number of nitrogens with zero attached hydrogens (tertiary/aromatic N) is 1. The second-order valence-electron chi connectivity index (χ2n) is 4.46. The van der Waals surface area contributed by atoms with Crippen molar-refractivity contribution in [2.75, 3.05) is 5.32 Å². The molecule has 1 aromatic rings. The van der Waals surface area contributed by atoms with Crippen LogP contribution < -0.4 is 5.32 Å². The van der Waals surface area contributed by atoms with Gasteiger partial charge in [-0.2, -0.15) is 0 Å². The third kappa shape index (κ3) is 2.32. The molecule has 0 aromatic heterocycles. The first-order valence-corrected chi connectivity index (χ1v) is 5.68. The van der Waals surface area contributed by atoms with Crippen LogP contribution in [-0.4, -0.2) is 11.0 Å². The molecule has 4 heteroatoms. The summed E-state index contributed by atoms with van der Waals surface area (Å²) in [5.74, 6) is 0.690. The predicted octanol–water partition coefficient (Wildman–Crippen LogP) is 3.20. The van der Waals surface area contributed by atoms with Crippen molar-refractivity contribution in [2.24, 2.45) is 5.92 Å². The third-order valence-corrected chi connectivity index (χ3v) is 3.29. The maximum atomic E-state index is 10.5. The molecule has 0 aliphatic heterocycles. The van der Waals surface area contributed by atoms with Crippen LogP contribution in [0.25, 0.3) is 0 Å². The van der Waals surface area contributed by atoms with Crippen molar-refractivity contribution in [1.82, 2.24) is 0 Å². The van der Waals surface area contributed by atoms with E-state index in [1.54, 1.807) is 24.3 Å². The summed E-state index contributed by atoms with van der Waals surface area (Å²) >= 11 is 0. The molecule has 2 unspecified atom stereocenters. The van der Waals surface area contributed by atoms with Gasteiger partial charge in [0.25, 0.3) is 5.69 Å². The topological polar surface area (TPSA) is 55.2 Å². The minimum Gasteiger partial charge on any atom is -0.382 e. The van der Waals surface area contributed by atoms with E-state index in [1.165, 1.54) is 19.3 Å². The number of nitro groups is 1. The van der Waals surface area contributed by atoms with Gasteiger partial charge in [-0.25, -0.2) is 0 Å². The molecule has 86 valence electrons. The summed E-state index contributed by atoms with van der Waals surface area (Å²) in [5.41, 5.74) is 1.12. The van der Waals surface area contributed by atoms with Gasteiger partial charge >= 0.3 is 0 Å². The van der Waals surface area contributed by atoms with E-state index in [1.807, 2.05) is 0 Å². The van der Waals surface area contributed by atoms with Crippen LogP contribution in [0, 0.1) is 16.0 Å². The van der Waals surface area contributed by atoms with Crippen molar-refractivity contribution in [3.05, 3.63) is 34.4 Å². The lowest BCUT2D eigenvalue weighted by atomic mass is 10.1. The zero-order valence-electron chi connectivity index (χ0n) is 9.35. The smallest absolute Gasteiger partial charge is 0.269 e. The van der Waals surface area contributed by atoms with Gasteiger partial charge in [-0.1, -0.05) is 13.3 Å². The average molecular weight is 220 g/mol. The van der Waals surface area contributed by atoms with Crippen molar-refractivity contribution >= 4 is 11.4 Å². The van der Waals surface area contributed by atoms with Crippen LogP contribution in [0.5, 0.6) is 0 Å². The third-order valence-electron chi connectivity index (χ3n) is 3.29. The molecule has 0 saturated heterocycles. The summed E-state index contributed by atoms with van der Waals surface area (Å²) in [6.07, 6.45) is 3.73. The predicted molar refractivity (Wildman–Crippen MR) is 63.5 cm³/mol. The van der Waals surface area contributed by atoms with Gasteiger partial charge in [0, 0.05) is 23.9 Å². The first-order valence-electron chi connectivity index (χ1n) is 5.68. The van der Waals surface area contributed by atoms with Crippen molar-refractivity contribution < 1.29 is 4.92 Å². The Morgan fingerprint density at radius 2 is 2.00 bits per heavy atom. The molecule has 2 rings (SSSR count). The monoisotopic (exact) mass is 220 g/mol. The number of rotatable bonds is 3. The minimum atomic E-state index is -0.373. The minimum absolute atomic E-state index is 0.144. The van der Waals surface area contributed by atoms with Gasteiger partial charge in [-0.15, -0.1) is 0 Å². The van der Waals surface area contributed by atoms with Crippen molar-refractivity contribution in [3.8, 4) is 0 Å². The molecule has 0 heterocycles. The normalized spacial score (nSPS) is 24.3. The second-order valence-corrected chi connectivity index (χ2v) is 4.46. The van der Waals surface area contributed by atoms with Crippen LogP contribution in [-0.2, 0) is 0 Å². The zero-order chi connectivity index (χ0) is 11.5. The van der Waals surface area contributed by atoms with Crippen LogP contribution in [0.3, 0.4) is 0 Å². The highest BCUT2D eigenvalue weighted by Gasteiger charge is 2.22. The Balaban J connectivity index is 2.02. The Labute approximate surface area is 94.8 Å². The maximum absolute atomic E-state index is 10.5. The van der Waals surface area contributed by atoms with E-state index in [0.29, 0.717) is 12.0 Å². The lowest BCUT2D eigenvalue weighted by Gasteiger charge is -2.18. The van der Waals surface area contributed by atoms with Crippen molar-refractivity contribution in [3.63, 3.8) is 0 Å². The number of nitro benzene ring substituents is 1. The standard InChI is InChI=1S/C12H16N2O2/c1-9-3-2-4-12(9)13-10-5-7-11(8-6-10)14(15)16/h5-9,12-13H,2-4H2,1H3. The SMILES string of the molecule is CC1CCCC1Nc1ccc([N+](=O)[O-])cc1. The highest BCUT2D eigenvalue weighted by Crippen LogP contribution is 2.28. The molecule has 0 bridgehead atoms. The maximum Gasteiger partial charge on any atom is 0.269 e. The summed E-state index contributed by atoms with van der Waals surface area (Å²) in [4.78, 5) is 10.1. The quantitative estimate of drug-likeness (QED) is 0.628. The van der Waals surface area contributed by atoms with Gasteiger partial charge in [0.15, 0.2) is 0 Å². The van der Waals surface area contributed by atoms with Crippen LogP contribution in [0.1, 0.15) is 26.2 Å². The summed E-state index contributed by atoms with van der Waals surface area (Å²) in [6, 6.07) is 7.16. The lowest BCUT2D eigenvalue weighted by Crippen LogP contribution is -2.21. The van der Waals surface area contributed by atoms with Crippen LogP contribution >= 0.6 is 0 Å². The molecule has 0 radical (unpaired) electrons. The molecule has 1 aromatic carbocycles. The Hall–Kier alpha value is -1.58. The molecular formula is C12H16N2O2. The van der Waals surface area contributed by atoms with Crippen LogP contribution in [0.2, 0.25) is 0 Å². The fraction of sp³-hybridized carbons (Fsp3) is 0.500. The highest BCUT2D eigenvalue weighted by molar-refractivity contribution is 5.49. The highest BCUT2D eigenvalue weighted by atomic mass is 16.6. The Morgan fingerprint density at radius 1 is 1.31 bits per heavy atom. The number of anilines is 1. The molecule has 1 aliphatic rings. The zero-order valence-corrected chi connectivity index (χ0v) is 9.35. The summed E-state index contributed by atoms with van der Waals surface area (Å²) < 4.78 is 0. The largest absolute Gasteiger partial charge is 0.382 e. The molecule has 1 saturated carbocycles. The summed E-state index contributed by atoms with van der Waals surface area (Å²) in [7, 11) is 0. The van der Waals surface area contributed by atoms with Crippen molar-refractivity contribution in [2.45, 2.75) is 32.2 Å². The first-order chi connectivity index (χ1) is 7.66. The van der Waals surface area contributed by atoms with E-state index in [2.05, 4.69) is 12.2 Å². The fourth-order valence-corrected chi connectivity index (χ4v) is 2.25. The van der Waals surface area contributed by atoms with E-state index in [4.69, 9.17) is 0 Å². The van der Waals surface area contributed by atoms with E-state index in [9.17, 15) is 10.1 Å². The molecule has 2 atom stereocenters. The van der Waals surface area contributed by atoms with E-state index in [0.717, 1.165) is 5.69 Å². The summed E-state index contributed by atoms with van der Waals surface area (Å²) in [5, 5.41) is 13.9. The van der Waals surface area contributed by atoms with Gasteiger partial charge in [0.05, 0.1) is 4.92 Å². The van der Waals surface area contributed by atoms with Crippen molar-refractivity contribution in [1.29, 1.82) is 0 Å². The molecule has 0 spiro atoms. The molecule has 1 N–H and O–H groups in total. The van der Waals surface area contributed by atoms with Gasteiger partial charge in [0.1, 0.15) is 0 Å². The second kappa shape index (κ2) is 4.51. The van der Waals surface area contributed by atoms with E-state index in [-0.39, 0.29) is 10.6 Å². The Bertz CT molecular complexity index is 375. The average Bonchev–Trinajstić information content (AvgIpc) is 2.65. The molecule has 1 aliphatic carbocycles. The van der Waals surface area contributed by atoms with Gasteiger partial charge < -0.3 is 5.32 Å². The first kappa shape index (κ1) is 10.9. The molecule has 16 heavy (non-hydrogen) atoms. The Morgan fingerprint density at radius 3 is 2.50 bits per heavy atom.